The summed E-state index contributed by atoms with van der Waals surface area (Å²) < 4.78 is 19.1. The summed E-state index contributed by atoms with van der Waals surface area (Å²) in [6.45, 7) is 3.59. The van der Waals surface area contributed by atoms with Gasteiger partial charge in [-0.2, -0.15) is 0 Å². The molecule has 0 aliphatic heterocycles. The molecule has 2 aromatic carbocycles. The lowest BCUT2D eigenvalue weighted by Crippen LogP contribution is -2.12. The van der Waals surface area contributed by atoms with Crippen LogP contribution in [0.4, 0.5) is 4.39 Å². The first kappa shape index (κ1) is 13.1. The van der Waals surface area contributed by atoms with Crippen molar-refractivity contribution in [3.05, 3.63) is 58.9 Å². The maximum Gasteiger partial charge on any atom is 0.138 e. The topological polar surface area (TPSA) is 59.1 Å². The molecule has 0 atom stereocenters. The molecule has 0 saturated heterocycles. The van der Waals surface area contributed by atoms with Gasteiger partial charge in [-0.25, -0.2) is 4.39 Å². The van der Waals surface area contributed by atoms with Crippen molar-refractivity contribution in [3.8, 4) is 11.5 Å². The zero-order valence-electron chi connectivity index (χ0n) is 10.8. The Morgan fingerprint density at radius 1 is 1.16 bits per heavy atom. The third-order valence-electron chi connectivity index (χ3n) is 2.80. The van der Waals surface area contributed by atoms with Gasteiger partial charge in [-0.1, -0.05) is 17.7 Å². The second-order valence-corrected chi connectivity index (χ2v) is 4.43. The fourth-order valence-electron chi connectivity index (χ4n) is 1.71. The van der Waals surface area contributed by atoms with Crippen LogP contribution >= 0.6 is 0 Å². The molecule has 0 fully saturated rings. The third-order valence-corrected chi connectivity index (χ3v) is 2.80. The van der Waals surface area contributed by atoms with Crippen molar-refractivity contribution in [1.82, 2.24) is 0 Å². The molecule has 0 aromatic heterocycles. The predicted molar refractivity (Wildman–Crippen MR) is 73.4 cm³/mol. The predicted octanol–water partition coefficient (Wildman–Crippen LogP) is 3.52. The van der Waals surface area contributed by atoms with E-state index >= 15 is 0 Å². The Morgan fingerprint density at radius 3 is 2.53 bits per heavy atom. The van der Waals surface area contributed by atoms with Gasteiger partial charge in [0.2, 0.25) is 0 Å². The van der Waals surface area contributed by atoms with E-state index in [0.29, 0.717) is 22.6 Å². The smallest absolute Gasteiger partial charge is 0.138 e. The molecule has 0 amide bonds. The van der Waals surface area contributed by atoms with E-state index in [1.807, 2.05) is 13.0 Å². The molecular weight excluding hydrogens is 243 g/mol. The molecule has 98 valence electrons. The van der Waals surface area contributed by atoms with E-state index in [1.54, 1.807) is 31.2 Å². The van der Waals surface area contributed by atoms with Crippen molar-refractivity contribution in [2.24, 2.45) is 5.73 Å². The minimum atomic E-state index is -0.325. The zero-order valence-corrected chi connectivity index (χ0v) is 10.8. The number of nitrogen functional groups attached to an aromatic ring is 1. The lowest BCUT2D eigenvalue weighted by molar-refractivity contribution is 0.475. The zero-order chi connectivity index (χ0) is 14.0. The molecule has 0 unspecified atom stereocenters. The Labute approximate surface area is 111 Å². The summed E-state index contributed by atoms with van der Waals surface area (Å²) in [6.07, 6.45) is 0. The van der Waals surface area contributed by atoms with Gasteiger partial charge >= 0.3 is 0 Å². The van der Waals surface area contributed by atoms with Crippen LogP contribution in [0.2, 0.25) is 0 Å². The Balaban J connectivity index is 2.37. The van der Waals surface area contributed by atoms with Crippen LogP contribution in [0.5, 0.6) is 11.5 Å². The van der Waals surface area contributed by atoms with Gasteiger partial charge in [0.1, 0.15) is 23.2 Å². The summed E-state index contributed by atoms with van der Waals surface area (Å²) >= 11 is 0. The summed E-state index contributed by atoms with van der Waals surface area (Å²) in [7, 11) is 0. The summed E-state index contributed by atoms with van der Waals surface area (Å²) in [4.78, 5) is 0. The van der Waals surface area contributed by atoms with Crippen molar-refractivity contribution in [2.75, 3.05) is 0 Å². The molecule has 3 N–H and O–H groups in total. The number of benzene rings is 2. The molecule has 0 spiro atoms. The van der Waals surface area contributed by atoms with Gasteiger partial charge in [-0.05, 0) is 37.6 Å². The third kappa shape index (κ3) is 2.91. The average Bonchev–Trinajstić information content (AvgIpc) is 2.36. The van der Waals surface area contributed by atoms with Gasteiger partial charge in [-0.3, -0.25) is 5.41 Å². The van der Waals surface area contributed by atoms with Crippen molar-refractivity contribution in [3.63, 3.8) is 0 Å². The van der Waals surface area contributed by atoms with E-state index in [4.69, 9.17) is 15.9 Å². The summed E-state index contributed by atoms with van der Waals surface area (Å²) in [6, 6.07) is 9.99. The Bertz CT molecular complexity index is 638. The normalized spacial score (nSPS) is 10.3. The highest BCUT2D eigenvalue weighted by atomic mass is 19.1. The first-order valence-electron chi connectivity index (χ1n) is 5.86. The number of nitrogens with two attached hydrogens (primary N) is 1. The Hall–Kier alpha value is -2.36. The summed E-state index contributed by atoms with van der Waals surface area (Å²) in [5, 5.41) is 7.54. The highest BCUT2D eigenvalue weighted by Gasteiger charge is 2.09. The number of halogens is 1. The molecule has 0 heterocycles. The van der Waals surface area contributed by atoms with Crippen LogP contribution in [0.3, 0.4) is 0 Å². The molecule has 0 bridgehead atoms. The number of nitrogens with one attached hydrogen (secondary N) is 1. The van der Waals surface area contributed by atoms with E-state index in [9.17, 15) is 4.39 Å². The first-order valence-corrected chi connectivity index (χ1v) is 5.86. The van der Waals surface area contributed by atoms with Crippen molar-refractivity contribution in [2.45, 2.75) is 13.8 Å². The van der Waals surface area contributed by atoms with Crippen LogP contribution in [-0.2, 0) is 0 Å². The van der Waals surface area contributed by atoms with E-state index in [0.717, 1.165) is 5.56 Å². The van der Waals surface area contributed by atoms with Crippen LogP contribution < -0.4 is 10.5 Å². The molecule has 0 saturated carbocycles. The minimum Gasteiger partial charge on any atom is -0.456 e. The number of aryl methyl sites for hydroxylation is 2. The lowest BCUT2D eigenvalue weighted by atomic mass is 10.1. The minimum absolute atomic E-state index is 0.0775. The van der Waals surface area contributed by atoms with Crippen LogP contribution in [-0.4, -0.2) is 5.84 Å². The maximum absolute atomic E-state index is 13.5. The molecule has 4 heteroatoms. The fourth-order valence-corrected chi connectivity index (χ4v) is 1.71. The summed E-state index contributed by atoms with van der Waals surface area (Å²) in [5.74, 6) is 0.427. The van der Waals surface area contributed by atoms with Crippen LogP contribution in [0, 0.1) is 25.1 Å². The molecule has 0 radical (unpaired) electrons. The second-order valence-electron chi connectivity index (χ2n) is 4.43. The largest absolute Gasteiger partial charge is 0.456 e. The maximum atomic E-state index is 13.5. The second kappa shape index (κ2) is 5.10. The number of amidine groups is 1. The van der Waals surface area contributed by atoms with Crippen LogP contribution in [0.1, 0.15) is 16.7 Å². The highest BCUT2D eigenvalue weighted by Crippen LogP contribution is 2.27. The van der Waals surface area contributed by atoms with E-state index in [1.165, 1.54) is 6.07 Å². The van der Waals surface area contributed by atoms with Crippen molar-refractivity contribution in [1.29, 1.82) is 5.41 Å². The van der Waals surface area contributed by atoms with Crippen LogP contribution in [0.25, 0.3) is 0 Å². The Kier molecular flexibility index (Phi) is 3.51. The van der Waals surface area contributed by atoms with Gasteiger partial charge in [0.25, 0.3) is 0 Å². The summed E-state index contributed by atoms with van der Waals surface area (Å²) in [5.41, 5.74) is 7.56. The molecule has 3 nitrogen and oxygen atoms in total. The monoisotopic (exact) mass is 258 g/mol. The quantitative estimate of drug-likeness (QED) is 0.653. The first-order chi connectivity index (χ1) is 8.97. The lowest BCUT2D eigenvalue weighted by Gasteiger charge is -2.11. The molecule has 2 aromatic rings. The van der Waals surface area contributed by atoms with Crippen molar-refractivity contribution >= 4 is 5.84 Å². The van der Waals surface area contributed by atoms with Crippen molar-refractivity contribution < 1.29 is 9.13 Å². The average molecular weight is 258 g/mol. The molecular formula is C15H15FN2O. The number of hydrogen-bond donors (Lipinski definition) is 2. The van der Waals surface area contributed by atoms with Crippen LogP contribution in [0.15, 0.2) is 36.4 Å². The van der Waals surface area contributed by atoms with Gasteiger partial charge in [0.05, 0.1) is 5.56 Å². The standard InChI is InChI=1S/C15H15FN2O/c1-9-3-6-14(12(7-9)15(17)18)19-11-5-4-10(2)13(16)8-11/h3-8H,1-2H3,(H3,17,18). The highest BCUT2D eigenvalue weighted by molar-refractivity contribution is 5.97. The molecule has 2 rings (SSSR count). The number of hydrogen-bond acceptors (Lipinski definition) is 2. The van der Waals surface area contributed by atoms with Gasteiger partial charge in [0.15, 0.2) is 0 Å². The number of rotatable bonds is 3. The Morgan fingerprint density at radius 2 is 1.89 bits per heavy atom. The fraction of sp³-hybridized carbons (Fsp3) is 0.133. The van der Waals surface area contributed by atoms with Gasteiger partial charge < -0.3 is 10.5 Å². The van der Waals surface area contributed by atoms with Gasteiger partial charge in [0, 0.05) is 6.07 Å². The molecule has 0 aliphatic carbocycles. The molecule has 19 heavy (non-hydrogen) atoms. The van der Waals surface area contributed by atoms with Gasteiger partial charge in [-0.15, -0.1) is 0 Å². The number of ether oxygens (including phenoxy) is 1. The SMILES string of the molecule is Cc1ccc(Oc2ccc(C)c(F)c2)c(C(=N)N)c1. The van der Waals surface area contributed by atoms with E-state index in [2.05, 4.69) is 0 Å². The van der Waals surface area contributed by atoms with E-state index < -0.39 is 0 Å². The molecule has 0 aliphatic rings. The van der Waals surface area contributed by atoms with E-state index in [-0.39, 0.29) is 11.7 Å².